The molecule has 0 atom stereocenters. The van der Waals surface area contributed by atoms with E-state index in [1.54, 1.807) is 11.3 Å². The molecule has 0 saturated heterocycles. The molecule has 0 spiro atoms. The summed E-state index contributed by atoms with van der Waals surface area (Å²) >= 11 is 7.77. The normalized spacial score (nSPS) is 11.0. The van der Waals surface area contributed by atoms with Crippen molar-refractivity contribution in [2.45, 2.75) is 19.8 Å². The summed E-state index contributed by atoms with van der Waals surface area (Å²) in [6.07, 6.45) is 5.58. The van der Waals surface area contributed by atoms with Gasteiger partial charge in [-0.3, -0.25) is 4.98 Å². The number of halogens is 1. The van der Waals surface area contributed by atoms with E-state index in [0.717, 1.165) is 35.4 Å². The van der Waals surface area contributed by atoms with Crippen LogP contribution in [0.15, 0.2) is 30.6 Å². The number of thiophene rings is 1. The second kappa shape index (κ2) is 6.58. The van der Waals surface area contributed by atoms with Crippen LogP contribution in [-0.4, -0.2) is 28.5 Å². The molecule has 0 aliphatic carbocycles. The topological polar surface area (TPSA) is 41.9 Å². The molecule has 4 nitrogen and oxygen atoms in total. The van der Waals surface area contributed by atoms with Crippen molar-refractivity contribution in [1.82, 2.24) is 15.0 Å². The molecule has 114 valence electrons. The lowest BCUT2D eigenvalue weighted by Gasteiger charge is -2.19. The van der Waals surface area contributed by atoms with Gasteiger partial charge in [0, 0.05) is 30.9 Å². The number of aryl methyl sites for hydroxylation is 1. The summed E-state index contributed by atoms with van der Waals surface area (Å²) in [7, 11) is 2.04. The summed E-state index contributed by atoms with van der Waals surface area (Å²) in [4.78, 5) is 17.2. The third kappa shape index (κ3) is 3.20. The van der Waals surface area contributed by atoms with Crippen LogP contribution in [0.1, 0.15) is 17.4 Å². The maximum Gasteiger partial charge on any atom is 0.225 e. The summed E-state index contributed by atoms with van der Waals surface area (Å²) in [6, 6.07) is 6.25. The molecule has 22 heavy (non-hydrogen) atoms. The van der Waals surface area contributed by atoms with E-state index in [-0.39, 0.29) is 0 Å². The highest BCUT2D eigenvalue weighted by Gasteiger charge is 2.14. The third-order valence-corrected chi connectivity index (χ3v) is 4.93. The summed E-state index contributed by atoms with van der Waals surface area (Å²) < 4.78 is 0. The molecular weight excluding hydrogens is 316 g/mol. The number of aromatic nitrogens is 3. The van der Waals surface area contributed by atoms with Crippen LogP contribution in [0, 0.1) is 0 Å². The van der Waals surface area contributed by atoms with E-state index in [4.69, 9.17) is 11.6 Å². The highest BCUT2D eigenvalue weighted by Crippen LogP contribution is 2.31. The van der Waals surface area contributed by atoms with Gasteiger partial charge in [-0.25, -0.2) is 4.98 Å². The molecule has 0 aromatic carbocycles. The van der Waals surface area contributed by atoms with Gasteiger partial charge in [0.15, 0.2) is 0 Å². The van der Waals surface area contributed by atoms with Crippen molar-refractivity contribution < 1.29 is 0 Å². The Morgan fingerprint density at radius 1 is 1.23 bits per heavy atom. The Morgan fingerprint density at radius 3 is 2.73 bits per heavy atom. The number of nitrogens with zero attached hydrogens (tertiary/aromatic N) is 4. The molecule has 3 rings (SSSR count). The molecule has 0 unspecified atom stereocenters. The summed E-state index contributed by atoms with van der Waals surface area (Å²) in [5, 5.41) is 1.39. The SMILES string of the molecule is CCc1cc2c(N(C)CCc3ccncc3)nc(Cl)nc2s1. The standard InChI is InChI=1S/C16H17ClN4S/c1-3-12-10-13-14(19-16(17)20-15(13)22-12)21(2)9-6-11-4-7-18-8-5-11/h4-5,7-8,10H,3,6,9H2,1-2H3. The molecule has 0 fully saturated rings. The average Bonchev–Trinajstić information content (AvgIpc) is 2.95. The molecule has 0 bridgehead atoms. The van der Waals surface area contributed by atoms with Gasteiger partial charge in [0.05, 0.1) is 5.39 Å². The van der Waals surface area contributed by atoms with Crippen molar-refractivity contribution in [3.05, 3.63) is 46.3 Å². The Morgan fingerprint density at radius 2 is 2.00 bits per heavy atom. The quantitative estimate of drug-likeness (QED) is 0.663. The van der Waals surface area contributed by atoms with Gasteiger partial charge < -0.3 is 4.90 Å². The van der Waals surface area contributed by atoms with Gasteiger partial charge in [-0.05, 0) is 48.2 Å². The van der Waals surface area contributed by atoms with Crippen molar-refractivity contribution in [2.75, 3.05) is 18.5 Å². The van der Waals surface area contributed by atoms with E-state index >= 15 is 0 Å². The van der Waals surface area contributed by atoms with Crippen LogP contribution >= 0.6 is 22.9 Å². The molecule has 3 heterocycles. The largest absolute Gasteiger partial charge is 0.359 e. The number of hydrogen-bond acceptors (Lipinski definition) is 5. The molecule has 0 radical (unpaired) electrons. The number of fused-ring (bicyclic) bond motifs is 1. The fourth-order valence-electron chi connectivity index (χ4n) is 2.35. The second-order valence-electron chi connectivity index (χ2n) is 5.13. The fourth-order valence-corrected chi connectivity index (χ4v) is 3.52. The number of anilines is 1. The van der Waals surface area contributed by atoms with Crippen molar-refractivity contribution in [3.8, 4) is 0 Å². The van der Waals surface area contributed by atoms with E-state index < -0.39 is 0 Å². The molecule has 0 aliphatic rings. The number of pyridine rings is 1. The number of hydrogen-bond donors (Lipinski definition) is 0. The van der Waals surface area contributed by atoms with Crippen molar-refractivity contribution in [1.29, 1.82) is 0 Å². The molecule has 0 saturated carbocycles. The van der Waals surface area contributed by atoms with Gasteiger partial charge in [-0.2, -0.15) is 4.98 Å². The fraction of sp³-hybridized carbons (Fsp3) is 0.312. The lowest BCUT2D eigenvalue weighted by atomic mass is 10.2. The minimum atomic E-state index is 0.308. The van der Waals surface area contributed by atoms with Crippen LogP contribution in [0.5, 0.6) is 0 Å². The Hall–Kier alpha value is -1.72. The van der Waals surface area contributed by atoms with Gasteiger partial charge in [-0.15, -0.1) is 11.3 Å². The van der Waals surface area contributed by atoms with Gasteiger partial charge in [0.1, 0.15) is 10.6 Å². The first kappa shape index (κ1) is 15.2. The number of rotatable bonds is 5. The minimum Gasteiger partial charge on any atom is -0.359 e. The predicted octanol–water partition coefficient (Wildman–Crippen LogP) is 3.98. The van der Waals surface area contributed by atoms with E-state index in [1.807, 2.05) is 31.6 Å². The monoisotopic (exact) mass is 332 g/mol. The van der Waals surface area contributed by atoms with Crippen molar-refractivity contribution >= 4 is 39.0 Å². The van der Waals surface area contributed by atoms with Crippen LogP contribution in [-0.2, 0) is 12.8 Å². The summed E-state index contributed by atoms with van der Waals surface area (Å²) in [5.74, 6) is 0.903. The van der Waals surface area contributed by atoms with E-state index in [9.17, 15) is 0 Å². The second-order valence-corrected chi connectivity index (χ2v) is 6.58. The maximum absolute atomic E-state index is 6.09. The molecule has 3 aromatic heterocycles. The van der Waals surface area contributed by atoms with Gasteiger partial charge in [-0.1, -0.05) is 6.92 Å². The Balaban J connectivity index is 1.86. The zero-order chi connectivity index (χ0) is 15.5. The molecule has 0 amide bonds. The summed E-state index contributed by atoms with van der Waals surface area (Å²) in [5.41, 5.74) is 1.26. The lowest BCUT2D eigenvalue weighted by Crippen LogP contribution is -2.21. The first-order valence-corrected chi connectivity index (χ1v) is 8.43. The Kier molecular flexibility index (Phi) is 4.55. The average molecular weight is 333 g/mol. The zero-order valence-electron chi connectivity index (χ0n) is 12.6. The van der Waals surface area contributed by atoms with Crippen LogP contribution in [0.3, 0.4) is 0 Å². The van der Waals surface area contributed by atoms with E-state index in [2.05, 4.69) is 32.8 Å². The van der Waals surface area contributed by atoms with E-state index in [1.165, 1.54) is 10.4 Å². The summed E-state index contributed by atoms with van der Waals surface area (Å²) in [6.45, 7) is 3.01. The zero-order valence-corrected chi connectivity index (χ0v) is 14.2. The van der Waals surface area contributed by atoms with Crippen molar-refractivity contribution in [3.63, 3.8) is 0 Å². The van der Waals surface area contributed by atoms with Crippen LogP contribution in [0.2, 0.25) is 5.28 Å². The predicted molar refractivity (Wildman–Crippen MR) is 93.0 cm³/mol. The first-order valence-electron chi connectivity index (χ1n) is 7.23. The van der Waals surface area contributed by atoms with E-state index in [0.29, 0.717) is 5.28 Å². The highest BCUT2D eigenvalue weighted by molar-refractivity contribution is 7.18. The van der Waals surface area contributed by atoms with Crippen molar-refractivity contribution in [2.24, 2.45) is 0 Å². The number of likely N-dealkylation sites (N-methyl/N-ethyl adjacent to an activating group) is 1. The van der Waals surface area contributed by atoms with Crippen LogP contribution in [0.4, 0.5) is 5.82 Å². The molecule has 0 aliphatic heterocycles. The van der Waals surface area contributed by atoms with Crippen LogP contribution < -0.4 is 4.90 Å². The molecule has 0 N–H and O–H groups in total. The molecule has 6 heteroatoms. The first-order chi connectivity index (χ1) is 10.7. The Labute approximate surface area is 138 Å². The molecular formula is C16H17ClN4S. The lowest BCUT2D eigenvalue weighted by molar-refractivity contribution is 0.861. The minimum absolute atomic E-state index is 0.308. The van der Waals surface area contributed by atoms with Gasteiger partial charge in [0.2, 0.25) is 5.28 Å². The van der Waals surface area contributed by atoms with Gasteiger partial charge in [0.25, 0.3) is 0 Å². The van der Waals surface area contributed by atoms with Gasteiger partial charge >= 0.3 is 0 Å². The molecule has 3 aromatic rings. The Bertz CT molecular complexity index is 772. The highest BCUT2D eigenvalue weighted by atomic mass is 35.5. The third-order valence-electron chi connectivity index (χ3n) is 3.59. The smallest absolute Gasteiger partial charge is 0.225 e. The maximum atomic E-state index is 6.09. The van der Waals surface area contributed by atoms with Crippen LogP contribution in [0.25, 0.3) is 10.2 Å².